The van der Waals surface area contributed by atoms with Crippen molar-refractivity contribution in [3.8, 4) is 16.8 Å². The van der Waals surface area contributed by atoms with Crippen LogP contribution in [0, 0.1) is 0 Å². The number of nitrogens with zero attached hydrogens (tertiary/aromatic N) is 8. The van der Waals surface area contributed by atoms with Gasteiger partial charge in [-0.15, -0.1) is 0 Å². The Kier molecular flexibility index (Phi) is 4.63. The van der Waals surface area contributed by atoms with E-state index in [1.807, 2.05) is 43.6 Å². The van der Waals surface area contributed by atoms with Gasteiger partial charge in [-0.3, -0.25) is 14.0 Å². The topological polar surface area (TPSA) is 112 Å². The molecule has 11 heteroatoms. The van der Waals surface area contributed by atoms with E-state index < -0.39 is 0 Å². The van der Waals surface area contributed by atoms with Crippen LogP contribution < -0.4 is 16.2 Å². The van der Waals surface area contributed by atoms with Crippen molar-refractivity contribution in [1.82, 2.24) is 33.9 Å². The Morgan fingerprint density at radius 2 is 1.97 bits per heavy atom. The number of nitrogen functional groups attached to an aromatic ring is 1. The first kappa shape index (κ1) is 20.4. The quantitative estimate of drug-likeness (QED) is 0.427. The van der Waals surface area contributed by atoms with Crippen LogP contribution in [0.25, 0.3) is 22.3 Å². The Hall–Kier alpha value is -4.18. The fraction of sp³-hybridized carbons (Fsp3) is 0.174. The van der Waals surface area contributed by atoms with E-state index in [1.54, 1.807) is 38.4 Å². The lowest BCUT2D eigenvalue weighted by atomic mass is 10.00. The smallest absolute Gasteiger partial charge is 0.284 e. The number of halogens is 1. The standard InChI is InChI=1S/C23H20ClN9O/c1-30-13-14(11-27-30)16-12-26-23(25)28-20(16)31-9-8-18(31)21-29-32-10-7-17(24)19(32)22(34)33(21)15-5-3-2-4-6-15/h2-7,10-13,18H,8-9H2,1H3,(H2,25,26,28)/t18-/m0/s1. The Bertz CT molecular complexity index is 1590. The SMILES string of the molecule is Cn1cc(-c2cnc(N)nc2N2CC[C@H]2c2nn3ccc(Cl)c3c(=O)n2-c2ccccc2)cn1. The minimum atomic E-state index is -0.229. The minimum absolute atomic E-state index is 0.175. The molecule has 1 aromatic carbocycles. The summed E-state index contributed by atoms with van der Waals surface area (Å²) in [5.74, 6) is 1.45. The van der Waals surface area contributed by atoms with Gasteiger partial charge in [0.15, 0.2) is 5.82 Å². The summed E-state index contributed by atoms with van der Waals surface area (Å²) in [7, 11) is 1.85. The van der Waals surface area contributed by atoms with E-state index in [9.17, 15) is 4.79 Å². The van der Waals surface area contributed by atoms with Gasteiger partial charge in [0.25, 0.3) is 5.56 Å². The summed E-state index contributed by atoms with van der Waals surface area (Å²) >= 11 is 6.33. The highest BCUT2D eigenvalue weighted by molar-refractivity contribution is 6.33. The van der Waals surface area contributed by atoms with E-state index in [0.29, 0.717) is 22.2 Å². The second-order valence-corrected chi connectivity index (χ2v) is 8.56. The molecular formula is C23H20ClN9O. The Morgan fingerprint density at radius 3 is 2.68 bits per heavy atom. The monoisotopic (exact) mass is 473 g/mol. The lowest BCUT2D eigenvalue weighted by molar-refractivity contribution is 0.423. The zero-order valence-corrected chi connectivity index (χ0v) is 19.0. The summed E-state index contributed by atoms with van der Waals surface area (Å²) in [6.07, 6.45) is 7.86. The second-order valence-electron chi connectivity index (χ2n) is 8.16. The molecule has 0 amide bonds. The van der Waals surface area contributed by atoms with E-state index in [4.69, 9.17) is 22.4 Å². The number of hydrogen-bond acceptors (Lipinski definition) is 7. The average Bonchev–Trinajstić information content (AvgIpc) is 3.39. The first-order valence-corrected chi connectivity index (χ1v) is 11.1. The minimum Gasteiger partial charge on any atom is -0.368 e. The molecule has 1 atom stereocenters. The maximum atomic E-state index is 13.6. The predicted octanol–water partition coefficient (Wildman–Crippen LogP) is 2.86. The van der Waals surface area contributed by atoms with Crippen LogP contribution >= 0.6 is 11.6 Å². The summed E-state index contributed by atoms with van der Waals surface area (Å²) in [6.45, 7) is 0.726. The van der Waals surface area contributed by atoms with Crippen molar-refractivity contribution in [2.75, 3.05) is 17.2 Å². The third kappa shape index (κ3) is 3.14. The molecule has 1 fully saturated rings. The molecule has 0 spiro atoms. The van der Waals surface area contributed by atoms with Crippen molar-refractivity contribution in [3.63, 3.8) is 0 Å². The molecule has 1 aliphatic heterocycles. The largest absolute Gasteiger partial charge is 0.368 e. The normalized spacial score (nSPS) is 15.6. The van der Waals surface area contributed by atoms with E-state index >= 15 is 0 Å². The maximum absolute atomic E-state index is 13.6. The molecule has 5 heterocycles. The highest BCUT2D eigenvalue weighted by Gasteiger charge is 2.37. The maximum Gasteiger partial charge on any atom is 0.284 e. The fourth-order valence-electron chi connectivity index (χ4n) is 4.37. The lowest BCUT2D eigenvalue weighted by Gasteiger charge is -2.42. The van der Waals surface area contributed by atoms with E-state index in [-0.39, 0.29) is 17.5 Å². The third-order valence-electron chi connectivity index (χ3n) is 6.07. The van der Waals surface area contributed by atoms with E-state index in [2.05, 4.69) is 20.0 Å². The summed E-state index contributed by atoms with van der Waals surface area (Å²) in [5, 5.41) is 9.46. The molecule has 34 heavy (non-hydrogen) atoms. The van der Waals surface area contributed by atoms with Gasteiger partial charge in [0.2, 0.25) is 5.95 Å². The molecule has 1 saturated heterocycles. The van der Waals surface area contributed by atoms with Gasteiger partial charge in [-0.25, -0.2) is 9.50 Å². The molecule has 5 aromatic rings. The van der Waals surface area contributed by atoms with Crippen LogP contribution in [-0.2, 0) is 7.05 Å². The fourth-order valence-corrected chi connectivity index (χ4v) is 4.59. The number of aromatic nitrogens is 7. The molecule has 0 bridgehead atoms. The second kappa shape index (κ2) is 7.70. The van der Waals surface area contributed by atoms with E-state index in [0.717, 1.165) is 29.8 Å². The van der Waals surface area contributed by atoms with Crippen LogP contribution in [0.4, 0.5) is 11.8 Å². The lowest BCUT2D eigenvalue weighted by Crippen LogP contribution is -2.45. The number of hydrogen-bond donors (Lipinski definition) is 1. The molecule has 170 valence electrons. The van der Waals surface area contributed by atoms with Crippen LogP contribution in [0.5, 0.6) is 0 Å². The van der Waals surface area contributed by atoms with Crippen molar-refractivity contribution in [2.24, 2.45) is 7.05 Å². The van der Waals surface area contributed by atoms with Gasteiger partial charge in [0.1, 0.15) is 11.3 Å². The molecule has 0 aliphatic carbocycles. The van der Waals surface area contributed by atoms with Crippen LogP contribution in [0.15, 0.2) is 66.0 Å². The summed E-state index contributed by atoms with van der Waals surface area (Å²) in [4.78, 5) is 24.5. The van der Waals surface area contributed by atoms with Crippen molar-refractivity contribution in [1.29, 1.82) is 0 Å². The van der Waals surface area contributed by atoms with Gasteiger partial charge in [0.05, 0.1) is 22.9 Å². The molecule has 0 radical (unpaired) electrons. The summed E-state index contributed by atoms with van der Waals surface area (Å²) in [5.41, 5.74) is 8.49. The number of benzene rings is 1. The first-order valence-electron chi connectivity index (χ1n) is 10.7. The summed E-state index contributed by atoms with van der Waals surface area (Å²) < 4.78 is 4.90. The molecule has 2 N–H and O–H groups in total. The number of aryl methyl sites for hydroxylation is 1. The molecular weight excluding hydrogens is 454 g/mol. The number of anilines is 2. The van der Waals surface area contributed by atoms with Gasteiger partial charge in [-0.05, 0) is 24.6 Å². The Labute approximate surface area is 198 Å². The zero-order valence-electron chi connectivity index (χ0n) is 18.2. The van der Waals surface area contributed by atoms with Gasteiger partial charge in [0, 0.05) is 43.3 Å². The highest BCUT2D eigenvalue weighted by Crippen LogP contribution is 2.41. The third-order valence-corrected chi connectivity index (χ3v) is 6.37. The van der Waals surface area contributed by atoms with Crippen LogP contribution in [0.2, 0.25) is 5.02 Å². The molecule has 6 rings (SSSR count). The number of nitrogens with two attached hydrogens (primary N) is 1. The highest BCUT2D eigenvalue weighted by atomic mass is 35.5. The van der Waals surface area contributed by atoms with Crippen LogP contribution in [0.1, 0.15) is 18.3 Å². The molecule has 1 aliphatic rings. The molecule has 0 unspecified atom stereocenters. The Morgan fingerprint density at radius 1 is 1.15 bits per heavy atom. The molecule has 10 nitrogen and oxygen atoms in total. The zero-order chi connectivity index (χ0) is 23.4. The van der Waals surface area contributed by atoms with Crippen molar-refractivity contribution >= 4 is 28.9 Å². The van der Waals surface area contributed by atoms with Gasteiger partial charge in [-0.2, -0.15) is 15.2 Å². The molecule has 0 saturated carbocycles. The van der Waals surface area contributed by atoms with E-state index in [1.165, 1.54) is 0 Å². The number of para-hydroxylation sites is 1. The van der Waals surface area contributed by atoms with Gasteiger partial charge >= 0.3 is 0 Å². The van der Waals surface area contributed by atoms with Crippen molar-refractivity contribution in [2.45, 2.75) is 12.5 Å². The van der Waals surface area contributed by atoms with Crippen molar-refractivity contribution in [3.05, 3.63) is 82.4 Å². The van der Waals surface area contributed by atoms with Gasteiger partial charge < -0.3 is 10.6 Å². The van der Waals surface area contributed by atoms with Gasteiger partial charge in [-0.1, -0.05) is 29.8 Å². The average molecular weight is 474 g/mol. The van der Waals surface area contributed by atoms with Crippen LogP contribution in [-0.4, -0.2) is 40.5 Å². The summed E-state index contributed by atoms with van der Waals surface area (Å²) in [6, 6.07) is 10.9. The Balaban J connectivity index is 1.54. The number of fused-ring (bicyclic) bond motifs is 1. The predicted molar refractivity (Wildman–Crippen MR) is 129 cm³/mol. The number of rotatable bonds is 4. The van der Waals surface area contributed by atoms with Crippen LogP contribution in [0.3, 0.4) is 0 Å². The molecule has 4 aromatic heterocycles. The first-order chi connectivity index (χ1) is 16.5. The van der Waals surface area contributed by atoms with Crippen molar-refractivity contribution < 1.29 is 0 Å².